The molecule has 160 valence electrons. The standard InChI is InChI=1S/C21H24FN3O4S/c1-3-24(4-2)30(28,29)19-11-7-17(8-12-19)23-21(27)15-13-20(26)25(14-15)18-9-5-16(22)6-10-18/h5-12,15H,3-4,13-14H2,1-2H3,(H,23,27). The van der Waals surface area contributed by atoms with Crippen LogP contribution in [0.2, 0.25) is 0 Å². The van der Waals surface area contributed by atoms with Crippen LogP contribution in [-0.4, -0.2) is 44.2 Å². The van der Waals surface area contributed by atoms with E-state index in [1.54, 1.807) is 13.8 Å². The maximum Gasteiger partial charge on any atom is 0.243 e. The zero-order chi connectivity index (χ0) is 21.9. The normalized spacial score (nSPS) is 16.9. The summed E-state index contributed by atoms with van der Waals surface area (Å²) >= 11 is 0. The Morgan fingerprint density at radius 2 is 1.70 bits per heavy atom. The van der Waals surface area contributed by atoms with Gasteiger partial charge < -0.3 is 10.2 Å². The minimum Gasteiger partial charge on any atom is -0.326 e. The molecule has 7 nitrogen and oxygen atoms in total. The minimum atomic E-state index is -3.57. The van der Waals surface area contributed by atoms with E-state index in [9.17, 15) is 22.4 Å². The number of hydrogen-bond acceptors (Lipinski definition) is 4. The molecular formula is C21H24FN3O4S. The van der Waals surface area contributed by atoms with Crippen molar-refractivity contribution in [3.63, 3.8) is 0 Å². The Balaban J connectivity index is 1.66. The first-order valence-electron chi connectivity index (χ1n) is 9.73. The third kappa shape index (κ3) is 4.52. The maximum atomic E-state index is 13.1. The summed E-state index contributed by atoms with van der Waals surface area (Å²) in [5.74, 6) is -1.48. The number of rotatable bonds is 7. The lowest BCUT2D eigenvalue weighted by molar-refractivity contribution is -0.122. The molecule has 2 aromatic rings. The molecule has 0 saturated carbocycles. The molecule has 2 aromatic carbocycles. The quantitative estimate of drug-likeness (QED) is 0.728. The Kier molecular flexibility index (Phi) is 6.52. The Morgan fingerprint density at radius 3 is 2.27 bits per heavy atom. The first kappa shape index (κ1) is 21.9. The number of carbonyl (C=O) groups excluding carboxylic acids is 2. The molecule has 1 aliphatic heterocycles. The number of halogens is 1. The van der Waals surface area contributed by atoms with Gasteiger partial charge in [0.15, 0.2) is 0 Å². The number of amides is 2. The van der Waals surface area contributed by atoms with Crippen LogP contribution in [0.15, 0.2) is 53.4 Å². The summed E-state index contributed by atoms with van der Waals surface area (Å²) in [6.07, 6.45) is 0.0532. The fourth-order valence-corrected chi connectivity index (χ4v) is 4.88. The molecule has 30 heavy (non-hydrogen) atoms. The molecule has 1 fully saturated rings. The van der Waals surface area contributed by atoms with E-state index >= 15 is 0 Å². The van der Waals surface area contributed by atoms with Crippen molar-refractivity contribution >= 4 is 33.2 Å². The molecule has 2 amide bonds. The molecule has 1 unspecified atom stereocenters. The minimum absolute atomic E-state index is 0.0532. The lowest BCUT2D eigenvalue weighted by Crippen LogP contribution is -2.30. The molecule has 0 bridgehead atoms. The van der Waals surface area contributed by atoms with E-state index in [2.05, 4.69) is 5.32 Å². The van der Waals surface area contributed by atoms with E-state index < -0.39 is 21.8 Å². The van der Waals surface area contributed by atoms with Gasteiger partial charge in [-0.3, -0.25) is 9.59 Å². The average molecular weight is 434 g/mol. The highest BCUT2D eigenvalue weighted by atomic mass is 32.2. The van der Waals surface area contributed by atoms with Gasteiger partial charge >= 0.3 is 0 Å². The highest BCUT2D eigenvalue weighted by molar-refractivity contribution is 7.89. The van der Waals surface area contributed by atoms with E-state index in [4.69, 9.17) is 0 Å². The predicted octanol–water partition coefficient (Wildman–Crippen LogP) is 2.85. The lowest BCUT2D eigenvalue weighted by atomic mass is 10.1. The van der Waals surface area contributed by atoms with E-state index in [-0.39, 0.29) is 29.7 Å². The Bertz CT molecular complexity index is 1020. The molecule has 1 saturated heterocycles. The molecular weight excluding hydrogens is 409 g/mol. The molecule has 1 heterocycles. The third-order valence-electron chi connectivity index (χ3n) is 5.10. The largest absolute Gasteiger partial charge is 0.326 e. The van der Waals surface area contributed by atoms with E-state index in [0.717, 1.165) is 0 Å². The second-order valence-electron chi connectivity index (χ2n) is 6.98. The van der Waals surface area contributed by atoms with Crippen LogP contribution in [0, 0.1) is 11.7 Å². The van der Waals surface area contributed by atoms with Gasteiger partial charge in [-0.2, -0.15) is 4.31 Å². The Hall–Kier alpha value is -2.78. The van der Waals surface area contributed by atoms with Crippen LogP contribution >= 0.6 is 0 Å². The molecule has 0 radical (unpaired) electrons. The van der Waals surface area contributed by atoms with Crippen LogP contribution in [-0.2, 0) is 19.6 Å². The number of carbonyl (C=O) groups is 2. The summed E-state index contributed by atoms with van der Waals surface area (Å²) in [6.45, 7) is 4.49. The van der Waals surface area contributed by atoms with Crippen LogP contribution in [0.5, 0.6) is 0 Å². The summed E-state index contributed by atoms with van der Waals surface area (Å²) < 4.78 is 39.5. The van der Waals surface area contributed by atoms with E-state index in [1.807, 2.05) is 0 Å². The fourth-order valence-electron chi connectivity index (χ4n) is 3.42. The maximum absolute atomic E-state index is 13.1. The van der Waals surface area contributed by atoms with Gasteiger partial charge in [0, 0.05) is 37.4 Å². The smallest absolute Gasteiger partial charge is 0.243 e. The number of benzene rings is 2. The van der Waals surface area contributed by atoms with Crippen molar-refractivity contribution in [1.82, 2.24) is 4.31 Å². The summed E-state index contributed by atoms with van der Waals surface area (Å²) in [7, 11) is -3.57. The molecule has 0 aliphatic carbocycles. The Morgan fingerprint density at radius 1 is 1.10 bits per heavy atom. The Labute approximate surface area is 175 Å². The van der Waals surface area contributed by atoms with Crippen molar-refractivity contribution in [2.45, 2.75) is 25.2 Å². The number of sulfonamides is 1. The fraction of sp³-hybridized carbons (Fsp3) is 0.333. The first-order chi connectivity index (χ1) is 14.3. The number of hydrogen-bond donors (Lipinski definition) is 1. The zero-order valence-corrected chi connectivity index (χ0v) is 17.7. The van der Waals surface area contributed by atoms with Crippen molar-refractivity contribution < 1.29 is 22.4 Å². The summed E-state index contributed by atoms with van der Waals surface area (Å²) in [6, 6.07) is 11.5. The van der Waals surface area contributed by atoms with Crippen molar-refractivity contribution in [3.8, 4) is 0 Å². The molecule has 1 N–H and O–H groups in total. The van der Waals surface area contributed by atoms with Gasteiger partial charge in [-0.25, -0.2) is 12.8 Å². The van der Waals surface area contributed by atoms with Gasteiger partial charge in [0.2, 0.25) is 21.8 Å². The van der Waals surface area contributed by atoms with Crippen LogP contribution in [0.4, 0.5) is 15.8 Å². The number of nitrogens with one attached hydrogen (secondary N) is 1. The van der Waals surface area contributed by atoms with Crippen molar-refractivity contribution in [2.24, 2.45) is 5.92 Å². The van der Waals surface area contributed by atoms with Gasteiger partial charge in [0.25, 0.3) is 0 Å². The van der Waals surface area contributed by atoms with Crippen molar-refractivity contribution in [1.29, 1.82) is 0 Å². The molecule has 0 spiro atoms. The average Bonchev–Trinajstić information content (AvgIpc) is 3.11. The second-order valence-corrected chi connectivity index (χ2v) is 8.92. The SMILES string of the molecule is CCN(CC)S(=O)(=O)c1ccc(NC(=O)C2CC(=O)N(c3ccc(F)cc3)C2)cc1. The van der Waals surface area contributed by atoms with Crippen molar-refractivity contribution in [2.75, 3.05) is 29.9 Å². The second kappa shape index (κ2) is 8.93. The molecule has 3 rings (SSSR count). The topological polar surface area (TPSA) is 86.8 Å². The molecule has 0 aromatic heterocycles. The van der Waals surface area contributed by atoms with E-state index in [0.29, 0.717) is 24.5 Å². The van der Waals surface area contributed by atoms with Crippen LogP contribution in [0.3, 0.4) is 0 Å². The number of nitrogens with zero attached hydrogens (tertiary/aromatic N) is 2. The predicted molar refractivity (Wildman–Crippen MR) is 112 cm³/mol. The van der Waals surface area contributed by atoms with Gasteiger partial charge in [-0.1, -0.05) is 13.8 Å². The van der Waals surface area contributed by atoms with Gasteiger partial charge in [0.1, 0.15) is 5.82 Å². The summed E-state index contributed by atoms with van der Waals surface area (Å²) in [5.41, 5.74) is 0.994. The molecule has 1 aliphatic rings. The van der Waals surface area contributed by atoms with Crippen LogP contribution in [0.25, 0.3) is 0 Å². The number of anilines is 2. The van der Waals surface area contributed by atoms with Gasteiger partial charge in [-0.05, 0) is 48.5 Å². The monoisotopic (exact) mass is 433 g/mol. The molecule has 9 heteroatoms. The first-order valence-corrected chi connectivity index (χ1v) is 11.2. The summed E-state index contributed by atoms with van der Waals surface area (Å²) in [4.78, 5) is 26.5. The van der Waals surface area contributed by atoms with Crippen molar-refractivity contribution in [3.05, 3.63) is 54.3 Å². The zero-order valence-electron chi connectivity index (χ0n) is 16.8. The highest BCUT2D eigenvalue weighted by Crippen LogP contribution is 2.26. The summed E-state index contributed by atoms with van der Waals surface area (Å²) in [5, 5.41) is 2.74. The van der Waals surface area contributed by atoms with E-state index in [1.165, 1.54) is 57.7 Å². The lowest BCUT2D eigenvalue weighted by Gasteiger charge is -2.19. The van der Waals surface area contributed by atoms with Gasteiger partial charge in [0.05, 0.1) is 10.8 Å². The highest BCUT2D eigenvalue weighted by Gasteiger charge is 2.35. The van der Waals surface area contributed by atoms with Crippen LogP contribution < -0.4 is 10.2 Å². The van der Waals surface area contributed by atoms with Gasteiger partial charge in [-0.15, -0.1) is 0 Å². The molecule has 1 atom stereocenters. The third-order valence-corrected chi connectivity index (χ3v) is 7.16. The van der Waals surface area contributed by atoms with Crippen LogP contribution in [0.1, 0.15) is 20.3 Å².